The first-order valence-electron chi connectivity index (χ1n) is 8.29. The summed E-state index contributed by atoms with van der Waals surface area (Å²) in [5.41, 5.74) is 3.19. The number of nitrogens with one attached hydrogen (secondary N) is 1. The smallest absolute Gasteiger partial charge is 0.0352 e. The van der Waals surface area contributed by atoms with Crippen LogP contribution < -0.4 is 5.32 Å². The zero-order valence-corrected chi connectivity index (χ0v) is 12.9. The van der Waals surface area contributed by atoms with E-state index in [1.54, 1.807) is 11.1 Å². The summed E-state index contributed by atoms with van der Waals surface area (Å²) in [6, 6.07) is 10.4. The van der Waals surface area contributed by atoms with E-state index >= 15 is 0 Å². The first-order chi connectivity index (χ1) is 9.74. The third-order valence-electron chi connectivity index (χ3n) is 4.82. The highest BCUT2D eigenvalue weighted by Gasteiger charge is 2.29. The van der Waals surface area contributed by atoms with Gasteiger partial charge in [-0.1, -0.05) is 38.1 Å². The molecule has 2 unspecified atom stereocenters. The van der Waals surface area contributed by atoms with Crippen LogP contribution in [0.1, 0.15) is 50.3 Å². The fourth-order valence-corrected chi connectivity index (χ4v) is 3.97. The minimum absolute atomic E-state index is 0.664. The van der Waals surface area contributed by atoms with Gasteiger partial charge in [-0.25, -0.2) is 0 Å². The number of aryl methyl sites for hydroxylation is 1. The maximum atomic E-state index is 3.70. The normalized spacial score (nSPS) is 27.6. The van der Waals surface area contributed by atoms with Crippen molar-refractivity contribution in [3.63, 3.8) is 0 Å². The molecule has 1 N–H and O–H groups in total. The van der Waals surface area contributed by atoms with E-state index in [-0.39, 0.29) is 0 Å². The molecule has 20 heavy (non-hydrogen) atoms. The van der Waals surface area contributed by atoms with Crippen LogP contribution in [0.3, 0.4) is 0 Å². The van der Waals surface area contributed by atoms with Gasteiger partial charge in [0.25, 0.3) is 0 Å². The first-order valence-corrected chi connectivity index (χ1v) is 8.29. The van der Waals surface area contributed by atoms with Crippen molar-refractivity contribution < 1.29 is 0 Å². The molecule has 0 saturated carbocycles. The summed E-state index contributed by atoms with van der Waals surface area (Å²) in [6.07, 6.45) is 5.25. The molecule has 3 rings (SSSR count). The Kier molecular flexibility index (Phi) is 4.42. The highest BCUT2D eigenvalue weighted by atomic mass is 15.2. The van der Waals surface area contributed by atoms with Gasteiger partial charge in [0, 0.05) is 31.7 Å². The molecule has 1 aromatic carbocycles. The molecule has 1 aliphatic heterocycles. The van der Waals surface area contributed by atoms with E-state index in [0.717, 1.165) is 12.5 Å². The zero-order valence-electron chi connectivity index (χ0n) is 12.9. The first kappa shape index (κ1) is 14.1. The minimum atomic E-state index is 0.664. The number of piperazine rings is 1. The molecule has 110 valence electrons. The average Bonchev–Trinajstić information content (AvgIpc) is 2.46. The van der Waals surface area contributed by atoms with E-state index in [2.05, 4.69) is 48.3 Å². The van der Waals surface area contributed by atoms with Crippen molar-refractivity contribution in [1.82, 2.24) is 10.2 Å². The number of nitrogens with zero attached hydrogens (tertiary/aromatic N) is 1. The maximum absolute atomic E-state index is 3.70. The second kappa shape index (κ2) is 6.28. The van der Waals surface area contributed by atoms with Gasteiger partial charge in [0.1, 0.15) is 0 Å². The molecule has 1 saturated heterocycles. The summed E-state index contributed by atoms with van der Waals surface area (Å²) in [6.45, 7) is 8.23. The van der Waals surface area contributed by atoms with Crippen molar-refractivity contribution in [3.05, 3.63) is 35.4 Å². The van der Waals surface area contributed by atoms with Crippen LogP contribution in [0.4, 0.5) is 0 Å². The van der Waals surface area contributed by atoms with Crippen molar-refractivity contribution in [3.8, 4) is 0 Å². The van der Waals surface area contributed by atoms with E-state index in [1.165, 1.54) is 38.8 Å². The quantitative estimate of drug-likeness (QED) is 0.907. The van der Waals surface area contributed by atoms with Crippen molar-refractivity contribution in [1.29, 1.82) is 0 Å². The molecule has 2 nitrogen and oxygen atoms in total. The zero-order chi connectivity index (χ0) is 13.9. The van der Waals surface area contributed by atoms with Gasteiger partial charge in [0.2, 0.25) is 0 Å². The van der Waals surface area contributed by atoms with Gasteiger partial charge >= 0.3 is 0 Å². The highest BCUT2D eigenvalue weighted by molar-refractivity contribution is 5.32. The average molecular weight is 272 g/mol. The summed E-state index contributed by atoms with van der Waals surface area (Å²) in [7, 11) is 0. The summed E-state index contributed by atoms with van der Waals surface area (Å²) < 4.78 is 0. The monoisotopic (exact) mass is 272 g/mol. The Bertz CT molecular complexity index is 441. The Hall–Kier alpha value is -0.860. The summed E-state index contributed by atoms with van der Waals surface area (Å²) >= 11 is 0. The molecule has 1 fully saturated rings. The summed E-state index contributed by atoms with van der Waals surface area (Å²) in [5.74, 6) is 0.783. The van der Waals surface area contributed by atoms with Crippen LogP contribution in [0, 0.1) is 5.92 Å². The lowest BCUT2D eigenvalue weighted by atomic mass is 9.86. The molecule has 1 heterocycles. The van der Waals surface area contributed by atoms with Gasteiger partial charge in [-0.15, -0.1) is 0 Å². The van der Waals surface area contributed by atoms with Crippen LogP contribution in [0.25, 0.3) is 0 Å². The van der Waals surface area contributed by atoms with Crippen LogP contribution in [-0.4, -0.2) is 30.6 Å². The minimum Gasteiger partial charge on any atom is -0.311 e. The molecule has 0 aromatic heterocycles. The second-order valence-electron chi connectivity index (χ2n) is 6.88. The SMILES string of the molecule is CC(C)CC1CN(C2CCCc3ccccc32)CCN1. The van der Waals surface area contributed by atoms with E-state index in [9.17, 15) is 0 Å². The predicted molar refractivity (Wildman–Crippen MR) is 84.9 cm³/mol. The van der Waals surface area contributed by atoms with Crippen LogP contribution in [-0.2, 0) is 6.42 Å². The lowest BCUT2D eigenvalue weighted by Gasteiger charge is -2.41. The standard InChI is InChI=1S/C18H28N2/c1-14(2)12-16-13-20(11-10-19-16)18-9-5-7-15-6-3-4-8-17(15)18/h3-4,6,8,14,16,18-19H,5,7,9-13H2,1-2H3. The van der Waals surface area contributed by atoms with Gasteiger partial charge in [-0.2, -0.15) is 0 Å². The molecule has 2 aliphatic rings. The molecular formula is C18H28N2. The van der Waals surface area contributed by atoms with Crippen LogP contribution >= 0.6 is 0 Å². The van der Waals surface area contributed by atoms with Gasteiger partial charge < -0.3 is 5.32 Å². The highest BCUT2D eigenvalue weighted by Crippen LogP contribution is 2.34. The number of rotatable bonds is 3. The summed E-state index contributed by atoms with van der Waals surface area (Å²) in [5, 5.41) is 3.70. The van der Waals surface area contributed by atoms with E-state index < -0.39 is 0 Å². The predicted octanol–water partition coefficient (Wildman–Crippen LogP) is 3.38. The Morgan fingerprint density at radius 3 is 3.00 bits per heavy atom. The largest absolute Gasteiger partial charge is 0.311 e. The number of fused-ring (bicyclic) bond motifs is 1. The Labute approximate surface area is 123 Å². The maximum Gasteiger partial charge on any atom is 0.0352 e. The Morgan fingerprint density at radius 1 is 1.30 bits per heavy atom. The van der Waals surface area contributed by atoms with Crippen molar-refractivity contribution >= 4 is 0 Å². The van der Waals surface area contributed by atoms with Crippen LogP contribution in [0.5, 0.6) is 0 Å². The summed E-state index contributed by atoms with van der Waals surface area (Å²) in [4.78, 5) is 2.74. The lowest BCUT2D eigenvalue weighted by Crippen LogP contribution is -2.52. The van der Waals surface area contributed by atoms with Crippen molar-refractivity contribution in [2.24, 2.45) is 5.92 Å². The second-order valence-corrected chi connectivity index (χ2v) is 6.88. The fourth-order valence-electron chi connectivity index (χ4n) is 3.97. The van der Waals surface area contributed by atoms with Crippen LogP contribution in [0.15, 0.2) is 24.3 Å². The molecule has 1 aromatic rings. The van der Waals surface area contributed by atoms with Gasteiger partial charge in [-0.05, 0) is 42.7 Å². The third-order valence-corrected chi connectivity index (χ3v) is 4.82. The molecule has 0 spiro atoms. The molecule has 2 atom stereocenters. The lowest BCUT2D eigenvalue weighted by molar-refractivity contribution is 0.123. The molecule has 0 radical (unpaired) electrons. The molecule has 0 bridgehead atoms. The topological polar surface area (TPSA) is 15.3 Å². The number of hydrogen-bond acceptors (Lipinski definition) is 2. The third kappa shape index (κ3) is 3.07. The van der Waals surface area contributed by atoms with E-state index in [4.69, 9.17) is 0 Å². The van der Waals surface area contributed by atoms with Gasteiger partial charge in [0.05, 0.1) is 0 Å². The van der Waals surface area contributed by atoms with E-state index in [0.29, 0.717) is 12.1 Å². The molecular weight excluding hydrogens is 244 g/mol. The van der Waals surface area contributed by atoms with E-state index in [1.807, 2.05) is 0 Å². The van der Waals surface area contributed by atoms with Gasteiger partial charge in [-0.3, -0.25) is 4.90 Å². The Balaban J connectivity index is 1.73. The van der Waals surface area contributed by atoms with Crippen molar-refractivity contribution in [2.75, 3.05) is 19.6 Å². The van der Waals surface area contributed by atoms with Crippen LogP contribution in [0.2, 0.25) is 0 Å². The van der Waals surface area contributed by atoms with Crippen molar-refractivity contribution in [2.45, 2.75) is 51.6 Å². The number of hydrogen-bond donors (Lipinski definition) is 1. The molecule has 1 aliphatic carbocycles. The fraction of sp³-hybridized carbons (Fsp3) is 0.667. The molecule has 0 amide bonds. The Morgan fingerprint density at radius 2 is 2.15 bits per heavy atom. The van der Waals surface area contributed by atoms with Gasteiger partial charge in [0.15, 0.2) is 0 Å². The number of benzene rings is 1. The molecule has 2 heteroatoms.